The van der Waals surface area contributed by atoms with Crippen LogP contribution in [-0.4, -0.2) is 20.4 Å². The number of nitrogens with one attached hydrogen (secondary N) is 2. The molecule has 2 aromatic carbocycles. The van der Waals surface area contributed by atoms with Crippen LogP contribution in [0.15, 0.2) is 53.4 Å². The molecule has 0 radical (unpaired) electrons. The third-order valence-electron chi connectivity index (χ3n) is 5.48. The molecule has 0 spiro atoms. The lowest BCUT2D eigenvalue weighted by molar-refractivity contribution is -0.121. The second kappa shape index (κ2) is 8.05. The summed E-state index contributed by atoms with van der Waals surface area (Å²) in [5.74, 6) is 0.0359. The molecule has 2 aliphatic rings. The smallest absolute Gasteiger partial charge is 0.240 e. The van der Waals surface area contributed by atoms with E-state index in [1.807, 2.05) is 12.1 Å². The summed E-state index contributed by atoms with van der Waals surface area (Å²) in [6.07, 6.45) is 5.96. The maximum atomic E-state index is 12.4. The Kier molecular flexibility index (Phi) is 5.51. The van der Waals surface area contributed by atoms with E-state index in [2.05, 4.69) is 22.2 Å². The number of hydrogen-bond donors (Lipinski definition) is 2. The van der Waals surface area contributed by atoms with Crippen molar-refractivity contribution in [3.05, 3.63) is 65.2 Å². The number of carbonyl (C=O) groups is 1. The highest BCUT2D eigenvalue weighted by Gasteiger charge is 2.27. The highest BCUT2D eigenvalue weighted by molar-refractivity contribution is 7.89. The van der Waals surface area contributed by atoms with Gasteiger partial charge in [0.25, 0.3) is 0 Å². The number of sulfonamides is 1. The maximum absolute atomic E-state index is 12.4. The molecule has 0 aromatic heterocycles. The van der Waals surface area contributed by atoms with Crippen LogP contribution in [0.4, 0.5) is 0 Å². The number of benzene rings is 2. The molecule has 2 aromatic rings. The van der Waals surface area contributed by atoms with Gasteiger partial charge in [-0.3, -0.25) is 4.79 Å². The highest BCUT2D eigenvalue weighted by Crippen LogP contribution is 2.29. The number of hydrogen-bond acceptors (Lipinski definition) is 3. The van der Waals surface area contributed by atoms with Crippen molar-refractivity contribution < 1.29 is 13.2 Å². The maximum Gasteiger partial charge on any atom is 0.240 e. The van der Waals surface area contributed by atoms with Crippen molar-refractivity contribution >= 4 is 15.9 Å². The fraction of sp³-hybridized carbons (Fsp3) is 0.409. The molecule has 1 atom stereocenters. The van der Waals surface area contributed by atoms with Gasteiger partial charge in [-0.15, -0.1) is 0 Å². The van der Waals surface area contributed by atoms with E-state index in [4.69, 9.17) is 0 Å². The molecule has 6 heteroatoms. The first kappa shape index (κ1) is 19.2. The van der Waals surface area contributed by atoms with Crippen LogP contribution < -0.4 is 10.0 Å². The summed E-state index contributed by atoms with van der Waals surface area (Å²) in [5.41, 5.74) is 3.53. The molecule has 2 N–H and O–H groups in total. The van der Waals surface area contributed by atoms with Crippen LogP contribution in [0, 0.1) is 0 Å². The second-order valence-electron chi connectivity index (χ2n) is 7.75. The zero-order valence-corrected chi connectivity index (χ0v) is 16.7. The molecule has 4 rings (SSSR count). The molecule has 0 bridgehead atoms. The lowest BCUT2D eigenvalue weighted by atomic mass is 9.87. The molecule has 28 heavy (non-hydrogen) atoms. The Bertz CT molecular complexity index is 950. The molecule has 0 heterocycles. The third-order valence-corrected chi connectivity index (χ3v) is 7.01. The fourth-order valence-corrected chi connectivity index (χ4v) is 5.06. The fourth-order valence-electron chi connectivity index (χ4n) is 3.75. The van der Waals surface area contributed by atoms with Gasteiger partial charge in [-0.1, -0.05) is 36.4 Å². The van der Waals surface area contributed by atoms with E-state index in [9.17, 15) is 13.2 Å². The summed E-state index contributed by atoms with van der Waals surface area (Å²) >= 11 is 0. The largest absolute Gasteiger partial charge is 0.349 e. The number of fused-ring (bicyclic) bond motifs is 1. The first-order chi connectivity index (χ1) is 13.5. The van der Waals surface area contributed by atoms with Crippen molar-refractivity contribution in [3.63, 3.8) is 0 Å². The summed E-state index contributed by atoms with van der Waals surface area (Å²) < 4.78 is 27.1. The molecule has 0 aliphatic heterocycles. The summed E-state index contributed by atoms with van der Waals surface area (Å²) in [6, 6.07) is 15.3. The molecule has 0 saturated heterocycles. The molecule has 148 valence electrons. The zero-order chi connectivity index (χ0) is 19.6. The quantitative estimate of drug-likeness (QED) is 0.752. The molecule has 0 unspecified atom stereocenters. The van der Waals surface area contributed by atoms with Gasteiger partial charge >= 0.3 is 0 Å². The standard InChI is InChI=1S/C22H26N2O3S/c25-22(23-21-7-3-5-17-4-1-2-6-20(17)21)15-10-16-8-13-19(14-9-16)28(26,27)24-18-11-12-18/h1-2,4,6,8-9,13-14,18,21,24H,3,5,7,10-12,15H2,(H,23,25)/t21-/m0/s1. The number of rotatable bonds is 7. The SMILES string of the molecule is O=C(CCc1ccc(S(=O)(=O)NC2CC2)cc1)N[C@H]1CCCc2ccccc21. The zero-order valence-electron chi connectivity index (χ0n) is 15.9. The Morgan fingerprint density at radius 2 is 1.75 bits per heavy atom. The van der Waals surface area contributed by atoms with Gasteiger partial charge in [0, 0.05) is 12.5 Å². The molecule has 5 nitrogen and oxygen atoms in total. The lowest BCUT2D eigenvalue weighted by Crippen LogP contribution is -2.31. The van der Waals surface area contributed by atoms with Crippen molar-refractivity contribution in [1.29, 1.82) is 0 Å². The van der Waals surface area contributed by atoms with Crippen molar-refractivity contribution in [2.45, 2.75) is 61.9 Å². The molecular formula is C22H26N2O3S. The van der Waals surface area contributed by atoms with Crippen LogP contribution in [0.3, 0.4) is 0 Å². The van der Waals surface area contributed by atoms with Crippen molar-refractivity contribution in [3.8, 4) is 0 Å². The van der Waals surface area contributed by atoms with Crippen LogP contribution in [-0.2, 0) is 27.7 Å². The molecular weight excluding hydrogens is 372 g/mol. The Balaban J connectivity index is 1.31. The Morgan fingerprint density at radius 3 is 2.50 bits per heavy atom. The van der Waals surface area contributed by atoms with Crippen molar-refractivity contribution in [2.75, 3.05) is 0 Å². The van der Waals surface area contributed by atoms with E-state index in [0.29, 0.717) is 12.8 Å². The summed E-state index contributed by atoms with van der Waals surface area (Å²) in [5, 5.41) is 3.16. The topological polar surface area (TPSA) is 75.3 Å². The van der Waals surface area contributed by atoms with Crippen LogP contribution in [0.1, 0.15) is 54.8 Å². The molecule has 1 amide bonds. The van der Waals surface area contributed by atoms with Gasteiger partial charge < -0.3 is 5.32 Å². The Morgan fingerprint density at radius 1 is 1.00 bits per heavy atom. The van der Waals surface area contributed by atoms with Crippen LogP contribution in [0.25, 0.3) is 0 Å². The average molecular weight is 399 g/mol. The minimum Gasteiger partial charge on any atom is -0.349 e. The van der Waals surface area contributed by atoms with Crippen LogP contribution in [0.2, 0.25) is 0 Å². The van der Waals surface area contributed by atoms with Gasteiger partial charge in [0.05, 0.1) is 10.9 Å². The van der Waals surface area contributed by atoms with Gasteiger partial charge in [0.1, 0.15) is 0 Å². The number of amides is 1. The summed E-state index contributed by atoms with van der Waals surface area (Å²) in [7, 11) is -3.42. The predicted molar refractivity (Wildman–Crippen MR) is 108 cm³/mol. The van der Waals surface area contributed by atoms with Gasteiger partial charge in [-0.05, 0) is 67.3 Å². The van der Waals surface area contributed by atoms with Gasteiger partial charge in [-0.2, -0.15) is 0 Å². The second-order valence-corrected chi connectivity index (χ2v) is 9.46. The van der Waals surface area contributed by atoms with E-state index in [0.717, 1.165) is 37.7 Å². The lowest BCUT2D eigenvalue weighted by Gasteiger charge is -2.26. The van der Waals surface area contributed by atoms with Gasteiger partial charge in [0.15, 0.2) is 0 Å². The van der Waals surface area contributed by atoms with E-state index in [1.54, 1.807) is 24.3 Å². The third kappa shape index (κ3) is 4.62. The van der Waals surface area contributed by atoms with E-state index < -0.39 is 10.0 Å². The number of aryl methyl sites for hydroxylation is 2. The van der Waals surface area contributed by atoms with Crippen molar-refractivity contribution in [1.82, 2.24) is 10.0 Å². The van der Waals surface area contributed by atoms with Gasteiger partial charge in [0.2, 0.25) is 15.9 Å². The van der Waals surface area contributed by atoms with E-state index >= 15 is 0 Å². The van der Waals surface area contributed by atoms with E-state index in [-0.39, 0.29) is 22.9 Å². The predicted octanol–water partition coefficient (Wildman–Crippen LogP) is 3.25. The monoisotopic (exact) mass is 398 g/mol. The van der Waals surface area contributed by atoms with Gasteiger partial charge in [-0.25, -0.2) is 13.1 Å². The van der Waals surface area contributed by atoms with Crippen LogP contribution in [0.5, 0.6) is 0 Å². The first-order valence-electron chi connectivity index (χ1n) is 10.00. The Hall–Kier alpha value is -2.18. The summed E-state index contributed by atoms with van der Waals surface area (Å²) in [6.45, 7) is 0. The molecule has 1 fully saturated rings. The number of carbonyl (C=O) groups excluding carboxylic acids is 1. The Labute approximate surface area is 166 Å². The normalized spacial score (nSPS) is 19.1. The van der Waals surface area contributed by atoms with Crippen molar-refractivity contribution in [2.24, 2.45) is 0 Å². The minimum atomic E-state index is -3.42. The highest BCUT2D eigenvalue weighted by atomic mass is 32.2. The molecule has 2 aliphatic carbocycles. The summed E-state index contributed by atoms with van der Waals surface area (Å²) in [4.78, 5) is 12.7. The first-order valence-corrected chi connectivity index (χ1v) is 11.5. The van der Waals surface area contributed by atoms with Crippen LogP contribution >= 0.6 is 0 Å². The average Bonchev–Trinajstić information content (AvgIpc) is 3.50. The molecule has 1 saturated carbocycles. The minimum absolute atomic E-state index is 0.0359. The van der Waals surface area contributed by atoms with E-state index in [1.165, 1.54) is 11.1 Å².